The first-order chi connectivity index (χ1) is 15.6. The summed E-state index contributed by atoms with van der Waals surface area (Å²) in [5.41, 5.74) is 2.14. The van der Waals surface area contributed by atoms with Crippen LogP contribution in [0.3, 0.4) is 0 Å². The maximum atomic E-state index is 13.4. The number of urea groups is 1. The summed E-state index contributed by atoms with van der Waals surface area (Å²) in [6.45, 7) is 1.73. The lowest BCUT2D eigenvalue weighted by Crippen LogP contribution is -2.47. The van der Waals surface area contributed by atoms with E-state index in [0.29, 0.717) is 22.2 Å². The second-order valence-corrected chi connectivity index (χ2v) is 9.01. The number of rotatable bonds is 5. The van der Waals surface area contributed by atoms with Gasteiger partial charge in [0.2, 0.25) is 0 Å². The Morgan fingerprint density at radius 1 is 0.909 bits per heavy atom. The van der Waals surface area contributed by atoms with Crippen molar-refractivity contribution in [2.75, 3.05) is 11.9 Å². The van der Waals surface area contributed by atoms with Crippen LogP contribution in [0.5, 0.6) is 0 Å². The molecule has 1 fully saturated rings. The van der Waals surface area contributed by atoms with E-state index in [9.17, 15) is 14.4 Å². The normalized spacial score (nSPS) is 18.2. The monoisotopic (exact) mass is 482 g/mol. The van der Waals surface area contributed by atoms with Gasteiger partial charge in [-0.15, -0.1) is 0 Å². The van der Waals surface area contributed by atoms with Crippen molar-refractivity contribution in [2.45, 2.75) is 18.9 Å². The Morgan fingerprint density at radius 3 is 1.94 bits per heavy atom. The molecule has 6 nitrogen and oxygen atoms in total. The van der Waals surface area contributed by atoms with Crippen LogP contribution >= 0.6 is 23.2 Å². The van der Waals surface area contributed by atoms with Gasteiger partial charge in [0.05, 0.1) is 11.3 Å². The predicted molar refractivity (Wildman–Crippen MR) is 128 cm³/mol. The summed E-state index contributed by atoms with van der Waals surface area (Å²) in [7, 11) is 1.60. The smallest absolute Gasteiger partial charge is 0.335 e. The fourth-order valence-electron chi connectivity index (χ4n) is 3.94. The lowest BCUT2D eigenvalue weighted by molar-refractivity contribution is -0.123. The van der Waals surface area contributed by atoms with E-state index < -0.39 is 17.5 Å². The maximum absolute atomic E-state index is 13.4. The lowest BCUT2D eigenvalue weighted by atomic mass is 9.90. The van der Waals surface area contributed by atoms with E-state index in [0.717, 1.165) is 21.6 Å². The Balaban J connectivity index is 1.58. The number of carboxylic acids is 1. The Morgan fingerprint density at radius 2 is 1.42 bits per heavy atom. The summed E-state index contributed by atoms with van der Waals surface area (Å²) in [6, 6.07) is 18.4. The first-order valence-electron chi connectivity index (χ1n) is 10.1. The number of nitrogens with zero attached hydrogens (tertiary/aromatic N) is 2. The maximum Gasteiger partial charge on any atom is 0.335 e. The molecule has 1 atom stereocenters. The zero-order chi connectivity index (χ0) is 23.9. The van der Waals surface area contributed by atoms with Crippen LogP contribution in [0.2, 0.25) is 10.0 Å². The van der Waals surface area contributed by atoms with Crippen molar-refractivity contribution in [3.63, 3.8) is 0 Å². The highest BCUT2D eigenvalue weighted by Gasteiger charge is 2.53. The topological polar surface area (TPSA) is 77.9 Å². The zero-order valence-corrected chi connectivity index (χ0v) is 19.4. The average Bonchev–Trinajstić information content (AvgIpc) is 2.94. The SMILES string of the molecule is CN1C(=O)N(c2cc(Cl)cc(Cl)c2)C(=O)[C@@]1(C)Cc1ccc(-c2ccc(C(=O)O)cc2)cc1. The van der Waals surface area contributed by atoms with Gasteiger partial charge in [0.15, 0.2) is 0 Å². The van der Waals surface area contributed by atoms with Crippen LogP contribution in [0, 0.1) is 0 Å². The number of carbonyl (C=O) groups is 3. The van der Waals surface area contributed by atoms with E-state index in [1.807, 2.05) is 24.3 Å². The quantitative estimate of drug-likeness (QED) is 0.469. The van der Waals surface area contributed by atoms with Gasteiger partial charge >= 0.3 is 12.0 Å². The number of carboxylic acid groups (broad SMARTS) is 1. The van der Waals surface area contributed by atoms with Crippen LogP contribution in [-0.2, 0) is 11.2 Å². The van der Waals surface area contributed by atoms with Crippen molar-refractivity contribution in [3.05, 3.63) is 87.9 Å². The second kappa shape index (κ2) is 8.54. The molecule has 1 saturated heterocycles. The molecule has 8 heteroatoms. The summed E-state index contributed by atoms with van der Waals surface area (Å²) in [5.74, 6) is -1.33. The number of anilines is 1. The summed E-state index contributed by atoms with van der Waals surface area (Å²) in [6.07, 6.45) is 0.317. The lowest BCUT2D eigenvalue weighted by Gasteiger charge is -2.28. The summed E-state index contributed by atoms with van der Waals surface area (Å²) >= 11 is 12.1. The molecule has 1 heterocycles. The first kappa shape index (κ1) is 22.8. The molecule has 1 N–H and O–H groups in total. The van der Waals surface area contributed by atoms with Crippen molar-refractivity contribution in [2.24, 2.45) is 0 Å². The van der Waals surface area contributed by atoms with Gasteiger partial charge < -0.3 is 10.0 Å². The molecule has 0 saturated carbocycles. The van der Waals surface area contributed by atoms with E-state index in [1.54, 1.807) is 38.2 Å². The molecular formula is C25H20Cl2N2O4. The second-order valence-electron chi connectivity index (χ2n) is 8.14. The van der Waals surface area contributed by atoms with E-state index >= 15 is 0 Å². The average molecular weight is 483 g/mol. The minimum Gasteiger partial charge on any atom is -0.478 e. The van der Waals surface area contributed by atoms with Crippen molar-refractivity contribution in [1.82, 2.24) is 4.90 Å². The van der Waals surface area contributed by atoms with Crippen LogP contribution in [-0.4, -0.2) is 40.5 Å². The van der Waals surface area contributed by atoms with Gasteiger partial charge in [-0.1, -0.05) is 59.6 Å². The summed E-state index contributed by atoms with van der Waals surface area (Å²) < 4.78 is 0. The summed E-state index contributed by atoms with van der Waals surface area (Å²) in [4.78, 5) is 39.9. The third-order valence-corrected chi connectivity index (χ3v) is 6.39. The molecule has 4 rings (SSSR count). The van der Waals surface area contributed by atoms with Crippen LogP contribution in [0.1, 0.15) is 22.8 Å². The standard InChI is InChI=1S/C25H20Cl2N2O4/c1-25(23(32)29(24(33)28(25)2)21-12-19(26)11-20(27)13-21)14-15-3-5-16(6-4-15)17-7-9-18(10-8-17)22(30)31/h3-13H,14H2,1-2H3,(H,30,31)/t25-/m1/s1. The highest BCUT2D eigenvalue weighted by Crippen LogP contribution is 2.36. The van der Waals surface area contributed by atoms with Crippen molar-refractivity contribution < 1.29 is 19.5 Å². The molecule has 3 aromatic carbocycles. The molecule has 33 heavy (non-hydrogen) atoms. The molecule has 0 aliphatic carbocycles. The van der Waals surface area contributed by atoms with Crippen molar-refractivity contribution in [3.8, 4) is 11.1 Å². The van der Waals surface area contributed by atoms with E-state index in [4.69, 9.17) is 28.3 Å². The fraction of sp³-hybridized carbons (Fsp3) is 0.160. The number of hydrogen-bond acceptors (Lipinski definition) is 3. The molecular weight excluding hydrogens is 463 g/mol. The predicted octanol–water partition coefficient (Wildman–Crippen LogP) is 5.76. The zero-order valence-electron chi connectivity index (χ0n) is 17.9. The molecule has 3 amide bonds. The third-order valence-electron chi connectivity index (χ3n) is 5.96. The Hall–Kier alpha value is -3.35. The van der Waals surface area contributed by atoms with Gasteiger partial charge in [-0.2, -0.15) is 0 Å². The fourth-order valence-corrected chi connectivity index (χ4v) is 4.45. The minimum absolute atomic E-state index is 0.223. The Kier molecular flexibility index (Phi) is 5.91. The number of amides is 3. The van der Waals surface area contributed by atoms with Gasteiger partial charge in [-0.05, 0) is 53.9 Å². The molecule has 0 radical (unpaired) electrons. The molecule has 0 unspecified atom stereocenters. The van der Waals surface area contributed by atoms with Gasteiger partial charge in [-0.3, -0.25) is 4.79 Å². The van der Waals surface area contributed by atoms with E-state index in [1.165, 1.54) is 23.1 Å². The minimum atomic E-state index is -1.09. The largest absolute Gasteiger partial charge is 0.478 e. The number of carbonyl (C=O) groups excluding carboxylic acids is 2. The Bertz CT molecular complexity index is 1240. The van der Waals surface area contributed by atoms with Gasteiger partial charge in [0.25, 0.3) is 5.91 Å². The number of aromatic carboxylic acids is 1. The van der Waals surface area contributed by atoms with Crippen molar-refractivity contribution >= 4 is 46.8 Å². The molecule has 0 bridgehead atoms. The van der Waals surface area contributed by atoms with Crippen LogP contribution in [0.15, 0.2) is 66.7 Å². The number of benzene rings is 3. The van der Waals surface area contributed by atoms with E-state index in [2.05, 4.69) is 0 Å². The van der Waals surface area contributed by atoms with Crippen LogP contribution < -0.4 is 4.90 Å². The first-order valence-corrected chi connectivity index (χ1v) is 10.9. The highest BCUT2D eigenvalue weighted by molar-refractivity contribution is 6.35. The van der Waals surface area contributed by atoms with Crippen LogP contribution in [0.25, 0.3) is 11.1 Å². The van der Waals surface area contributed by atoms with Gasteiger partial charge in [-0.25, -0.2) is 14.5 Å². The molecule has 1 aliphatic heterocycles. The summed E-state index contributed by atoms with van der Waals surface area (Å²) in [5, 5.41) is 9.72. The van der Waals surface area contributed by atoms with Gasteiger partial charge in [0, 0.05) is 23.5 Å². The van der Waals surface area contributed by atoms with Crippen LogP contribution in [0.4, 0.5) is 10.5 Å². The third kappa shape index (κ3) is 4.19. The number of imide groups is 1. The van der Waals surface area contributed by atoms with Crippen molar-refractivity contribution in [1.29, 1.82) is 0 Å². The molecule has 3 aromatic rings. The Labute approximate surface area is 200 Å². The number of likely N-dealkylation sites (N-methyl/N-ethyl adjacent to an activating group) is 1. The molecule has 0 aromatic heterocycles. The highest BCUT2D eigenvalue weighted by atomic mass is 35.5. The number of halogens is 2. The van der Waals surface area contributed by atoms with Gasteiger partial charge in [0.1, 0.15) is 5.54 Å². The molecule has 0 spiro atoms. The number of hydrogen-bond donors (Lipinski definition) is 1. The molecule has 168 valence electrons. The van der Waals surface area contributed by atoms with E-state index in [-0.39, 0.29) is 11.5 Å². The molecule has 1 aliphatic rings.